The molecule has 1 aromatic carbocycles. The van der Waals surface area contributed by atoms with E-state index in [1.54, 1.807) is 31.2 Å². The minimum Gasteiger partial charge on any atom is -0.435 e. The number of carbonyl (C=O) groups excluding carboxylic acids is 1. The highest BCUT2D eigenvalue weighted by Crippen LogP contribution is 2.29. The van der Waals surface area contributed by atoms with Crippen LogP contribution in [0, 0.1) is 6.92 Å². The van der Waals surface area contributed by atoms with Crippen LogP contribution < -0.4 is 0 Å². The summed E-state index contributed by atoms with van der Waals surface area (Å²) in [5, 5.41) is -0.521. The number of sulfone groups is 1. The van der Waals surface area contributed by atoms with E-state index in [-0.39, 0.29) is 6.61 Å². The third kappa shape index (κ3) is 4.70. The van der Waals surface area contributed by atoms with Crippen LogP contribution in [-0.4, -0.2) is 32.5 Å². The van der Waals surface area contributed by atoms with Crippen molar-refractivity contribution < 1.29 is 22.7 Å². The summed E-state index contributed by atoms with van der Waals surface area (Å²) in [6.45, 7) is 3.88. The maximum atomic E-state index is 12.8. The first-order chi connectivity index (χ1) is 10.9. The van der Waals surface area contributed by atoms with Crippen molar-refractivity contribution in [3.8, 4) is 0 Å². The maximum Gasteiger partial charge on any atom is 0.508 e. The first-order valence-corrected chi connectivity index (χ1v) is 9.62. The van der Waals surface area contributed by atoms with Gasteiger partial charge in [-0.3, -0.25) is 0 Å². The van der Waals surface area contributed by atoms with Crippen molar-refractivity contribution in [3.63, 3.8) is 0 Å². The smallest absolute Gasteiger partial charge is 0.435 e. The highest BCUT2D eigenvalue weighted by molar-refractivity contribution is 7.92. The summed E-state index contributed by atoms with van der Waals surface area (Å²) in [6.07, 6.45) is 2.15. The number of rotatable bonds is 4. The SMILES string of the molecule is CCOC(=O)O[C@@H]1CCCC[C@H](S(=O)(=O)c2ccc(C)cc2)C1. The Balaban J connectivity index is 2.13. The number of ether oxygens (including phenoxy) is 2. The Hall–Kier alpha value is -1.56. The fourth-order valence-electron chi connectivity index (χ4n) is 2.87. The van der Waals surface area contributed by atoms with Crippen LogP contribution in [0.4, 0.5) is 4.79 Å². The quantitative estimate of drug-likeness (QED) is 0.618. The lowest BCUT2D eigenvalue weighted by Gasteiger charge is -2.20. The normalized spacial score (nSPS) is 22.2. The summed E-state index contributed by atoms with van der Waals surface area (Å²) in [5.41, 5.74) is 1.02. The second-order valence-electron chi connectivity index (χ2n) is 5.92. The molecule has 1 aromatic rings. The zero-order valence-electron chi connectivity index (χ0n) is 13.7. The lowest BCUT2D eigenvalue weighted by Crippen LogP contribution is -2.28. The zero-order valence-corrected chi connectivity index (χ0v) is 14.5. The van der Waals surface area contributed by atoms with E-state index in [1.807, 2.05) is 6.92 Å². The summed E-state index contributed by atoms with van der Waals surface area (Å²) in [7, 11) is -3.42. The fourth-order valence-corrected chi connectivity index (χ4v) is 4.72. The van der Waals surface area contributed by atoms with E-state index in [1.165, 1.54) is 0 Å². The molecule has 2 rings (SSSR count). The molecule has 0 saturated heterocycles. The molecule has 0 amide bonds. The van der Waals surface area contributed by atoms with E-state index < -0.39 is 27.3 Å². The molecule has 1 saturated carbocycles. The first-order valence-electron chi connectivity index (χ1n) is 8.07. The molecule has 23 heavy (non-hydrogen) atoms. The molecule has 0 heterocycles. The van der Waals surface area contributed by atoms with Crippen molar-refractivity contribution in [2.45, 2.75) is 62.2 Å². The van der Waals surface area contributed by atoms with Gasteiger partial charge in [-0.1, -0.05) is 24.1 Å². The van der Waals surface area contributed by atoms with Crippen molar-refractivity contribution in [2.24, 2.45) is 0 Å². The molecule has 0 aromatic heterocycles. The van der Waals surface area contributed by atoms with Crippen molar-refractivity contribution >= 4 is 16.0 Å². The molecule has 0 radical (unpaired) electrons. The Bertz CT molecular complexity index is 621. The van der Waals surface area contributed by atoms with Gasteiger partial charge in [0.25, 0.3) is 0 Å². The topological polar surface area (TPSA) is 69.7 Å². The molecule has 0 unspecified atom stereocenters. The minimum absolute atomic E-state index is 0.247. The van der Waals surface area contributed by atoms with Gasteiger partial charge in [-0.05, 0) is 45.2 Å². The van der Waals surface area contributed by atoms with E-state index >= 15 is 0 Å². The Morgan fingerprint density at radius 1 is 1.17 bits per heavy atom. The maximum absolute atomic E-state index is 12.8. The van der Waals surface area contributed by atoms with Crippen LogP contribution in [0.25, 0.3) is 0 Å². The van der Waals surface area contributed by atoms with Crippen LogP contribution in [-0.2, 0) is 19.3 Å². The molecule has 1 fully saturated rings. The average molecular weight is 340 g/mol. The fraction of sp³-hybridized carbons (Fsp3) is 0.588. The highest BCUT2D eigenvalue weighted by atomic mass is 32.2. The van der Waals surface area contributed by atoms with Gasteiger partial charge in [-0.15, -0.1) is 0 Å². The summed E-state index contributed by atoms with van der Waals surface area (Å²) in [4.78, 5) is 11.8. The van der Waals surface area contributed by atoms with Crippen LogP contribution in [0.15, 0.2) is 29.2 Å². The lowest BCUT2D eigenvalue weighted by molar-refractivity contribution is 0.0216. The van der Waals surface area contributed by atoms with Crippen LogP contribution >= 0.6 is 0 Å². The molecule has 1 aliphatic rings. The summed E-state index contributed by atoms with van der Waals surface area (Å²) in [6, 6.07) is 6.90. The largest absolute Gasteiger partial charge is 0.508 e. The molecule has 128 valence electrons. The minimum atomic E-state index is -3.42. The molecular weight excluding hydrogens is 316 g/mol. The van der Waals surface area contributed by atoms with E-state index in [2.05, 4.69) is 0 Å². The predicted octanol–water partition coefficient (Wildman–Crippen LogP) is 3.64. The summed E-state index contributed by atoms with van der Waals surface area (Å²) >= 11 is 0. The summed E-state index contributed by atoms with van der Waals surface area (Å²) < 4.78 is 35.7. The molecule has 0 aliphatic heterocycles. The van der Waals surface area contributed by atoms with Gasteiger partial charge in [0.1, 0.15) is 6.10 Å². The van der Waals surface area contributed by atoms with Crippen LogP contribution in [0.2, 0.25) is 0 Å². The van der Waals surface area contributed by atoms with Gasteiger partial charge in [0, 0.05) is 6.42 Å². The van der Waals surface area contributed by atoms with Gasteiger partial charge in [-0.2, -0.15) is 0 Å². The van der Waals surface area contributed by atoms with E-state index in [0.717, 1.165) is 18.4 Å². The summed E-state index contributed by atoms with van der Waals surface area (Å²) in [5.74, 6) is 0. The second-order valence-corrected chi connectivity index (χ2v) is 8.15. The standard InChI is InChI=1S/C17H24O5S/c1-3-21-17(18)22-14-6-4-5-7-16(12-14)23(19,20)15-10-8-13(2)9-11-15/h8-11,14,16H,3-7,12H2,1-2H3/t14-,16+/m1/s1. The van der Waals surface area contributed by atoms with Crippen molar-refractivity contribution in [1.82, 2.24) is 0 Å². The number of carbonyl (C=O) groups is 1. The number of hydrogen-bond acceptors (Lipinski definition) is 5. The molecule has 0 N–H and O–H groups in total. The van der Waals surface area contributed by atoms with Crippen LogP contribution in [0.3, 0.4) is 0 Å². The first kappa shape index (κ1) is 17.8. The highest BCUT2D eigenvalue weighted by Gasteiger charge is 2.33. The third-order valence-electron chi connectivity index (χ3n) is 4.14. The molecule has 1 aliphatic carbocycles. The molecule has 6 heteroatoms. The predicted molar refractivity (Wildman–Crippen MR) is 87.1 cm³/mol. The van der Waals surface area contributed by atoms with E-state index in [4.69, 9.17) is 9.47 Å². The Kier molecular flexibility index (Phi) is 6.04. The second kappa shape index (κ2) is 7.81. The lowest BCUT2D eigenvalue weighted by atomic mass is 10.1. The van der Waals surface area contributed by atoms with E-state index in [9.17, 15) is 13.2 Å². The van der Waals surface area contributed by atoms with Crippen molar-refractivity contribution in [1.29, 1.82) is 0 Å². The Morgan fingerprint density at radius 3 is 2.48 bits per heavy atom. The Labute approximate surface area is 137 Å². The average Bonchev–Trinajstić information content (AvgIpc) is 2.74. The van der Waals surface area contributed by atoms with E-state index in [0.29, 0.717) is 24.2 Å². The van der Waals surface area contributed by atoms with Crippen molar-refractivity contribution in [2.75, 3.05) is 6.61 Å². The van der Waals surface area contributed by atoms with Crippen LogP contribution in [0.1, 0.15) is 44.6 Å². The molecule has 5 nitrogen and oxygen atoms in total. The zero-order chi connectivity index (χ0) is 16.9. The molecule has 2 atom stereocenters. The number of benzene rings is 1. The van der Waals surface area contributed by atoms with Gasteiger partial charge < -0.3 is 9.47 Å². The van der Waals surface area contributed by atoms with Gasteiger partial charge >= 0.3 is 6.16 Å². The molecule has 0 spiro atoms. The van der Waals surface area contributed by atoms with Gasteiger partial charge in [0.05, 0.1) is 16.8 Å². The van der Waals surface area contributed by atoms with Crippen LogP contribution in [0.5, 0.6) is 0 Å². The number of aryl methyl sites for hydroxylation is 1. The monoisotopic (exact) mass is 340 g/mol. The Morgan fingerprint density at radius 2 is 1.83 bits per heavy atom. The third-order valence-corrected chi connectivity index (χ3v) is 6.38. The van der Waals surface area contributed by atoms with Crippen molar-refractivity contribution in [3.05, 3.63) is 29.8 Å². The van der Waals surface area contributed by atoms with Gasteiger partial charge in [0.15, 0.2) is 9.84 Å². The molecule has 0 bridgehead atoms. The molecular formula is C17H24O5S. The van der Waals surface area contributed by atoms with Gasteiger partial charge in [0.2, 0.25) is 0 Å². The number of hydrogen-bond donors (Lipinski definition) is 0. The van der Waals surface area contributed by atoms with Gasteiger partial charge in [-0.25, -0.2) is 13.2 Å².